The van der Waals surface area contributed by atoms with Crippen LogP contribution in [0.25, 0.3) is 10.9 Å². The quantitative estimate of drug-likeness (QED) is 0.288. The number of aromatic amines is 1. The number of para-hydroxylation sites is 1. The van der Waals surface area contributed by atoms with Crippen molar-refractivity contribution in [3.63, 3.8) is 0 Å². The summed E-state index contributed by atoms with van der Waals surface area (Å²) in [5.41, 5.74) is 3.54. The molecular weight excluding hydrogens is 352 g/mol. The van der Waals surface area contributed by atoms with Crippen molar-refractivity contribution in [2.75, 3.05) is 20.2 Å². The highest BCUT2D eigenvalue weighted by Crippen LogP contribution is 2.19. The average Bonchev–Trinajstić information content (AvgIpc) is 3.15. The highest BCUT2D eigenvalue weighted by Gasteiger charge is 2.11. The van der Waals surface area contributed by atoms with E-state index in [1.165, 1.54) is 10.9 Å². The van der Waals surface area contributed by atoms with Crippen LogP contribution in [-0.4, -0.2) is 42.3 Å². The van der Waals surface area contributed by atoms with E-state index in [9.17, 15) is 4.79 Å². The summed E-state index contributed by atoms with van der Waals surface area (Å²) < 4.78 is 5.21. The van der Waals surface area contributed by atoms with Crippen molar-refractivity contribution in [2.24, 2.45) is 0 Å². The van der Waals surface area contributed by atoms with Gasteiger partial charge in [-0.3, -0.25) is 10.2 Å². The summed E-state index contributed by atoms with van der Waals surface area (Å²) in [7, 11) is 1.65. The van der Waals surface area contributed by atoms with E-state index in [0.29, 0.717) is 18.8 Å². The molecule has 1 aromatic heterocycles. The van der Waals surface area contributed by atoms with Gasteiger partial charge in [0.2, 0.25) is 6.41 Å². The number of nitrogens with one attached hydrogen (secondary N) is 3. The number of carbonyl (C=O) groups is 1. The zero-order valence-electron chi connectivity index (χ0n) is 16.1. The summed E-state index contributed by atoms with van der Waals surface area (Å²) >= 11 is 0. The van der Waals surface area contributed by atoms with Crippen molar-refractivity contribution < 1.29 is 9.53 Å². The summed E-state index contributed by atoms with van der Waals surface area (Å²) in [6, 6.07) is 16.1. The second-order valence-electron chi connectivity index (χ2n) is 6.68. The largest absolute Gasteiger partial charge is 0.497 e. The van der Waals surface area contributed by atoms with Gasteiger partial charge >= 0.3 is 0 Å². The van der Waals surface area contributed by atoms with E-state index in [2.05, 4.69) is 34.7 Å². The van der Waals surface area contributed by atoms with Gasteiger partial charge in [0.25, 0.3) is 0 Å². The predicted octanol–water partition coefficient (Wildman–Crippen LogP) is 3.33. The van der Waals surface area contributed by atoms with Gasteiger partial charge < -0.3 is 19.9 Å². The summed E-state index contributed by atoms with van der Waals surface area (Å²) in [4.78, 5) is 15.9. The molecule has 0 radical (unpaired) electrons. The molecule has 1 heterocycles. The Bertz CT molecular complexity index is 918. The van der Waals surface area contributed by atoms with Gasteiger partial charge in [-0.05, 0) is 42.2 Å². The third kappa shape index (κ3) is 4.91. The Labute approximate surface area is 165 Å². The molecule has 0 fully saturated rings. The molecule has 3 rings (SSSR count). The van der Waals surface area contributed by atoms with Crippen LogP contribution in [0.15, 0.2) is 54.7 Å². The van der Waals surface area contributed by atoms with Gasteiger partial charge in [0.05, 0.1) is 13.7 Å². The van der Waals surface area contributed by atoms with Crippen molar-refractivity contribution in [1.29, 1.82) is 5.41 Å². The van der Waals surface area contributed by atoms with Crippen LogP contribution in [0.4, 0.5) is 0 Å². The van der Waals surface area contributed by atoms with Gasteiger partial charge in [-0.25, -0.2) is 0 Å². The number of hydrogen-bond donors (Lipinski definition) is 3. The lowest BCUT2D eigenvalue weighted by Gasteiger charge is -2.25. The molecule has 0 saturated carbocycles. The molecule has 0 unspecified atom stereocenters. The normalized spacial score (nSPS) is 10.6. The molecule has 0 atom stereocenters. The van der Waals surface area contributed by atoms with E-state index >= 15 is 0 Å². The van der Waals surface area contributed by atoms with Gasteiger partial charge in [0, 0.05) is 30.2 Å². The molecule has 0 bridgehead atoms. The van der Waals surface area contributed by atoms with E-state index < -0.39 is 0 Å². The number of nitrogens with zero attached hydrogens (tertiary/aromatic N) is 1. The number of hydrogen-bond acceptors (Lipinski definition) is 3. The Morgan fingerprint density at radius 3 is 2.75 bits per heavy atom. The molecule has 0 aliphatic rings. The third-order valence-corrected chi connectivity index (χ3v) is 4.82. The molecule has 1 amide bonds. The van der Waals surface area contributed by atoms with Crippen molar-refractivity contribution in [2.45, 2.75) is 19.4 Å². The van der Waals surface area contributed by atoms with Crippen LogP contribution in [0, 0.1) is 5.41 Å². The molecule has 6 heteroatoms. The number of ether oxygens (including phenoxy) is 1. The standard InChI is InChI=1S/C22H26N4O2/c1-28-19-10-8-17(9-11-19)15-26(22(23)14-24-16-27)12-4-5-18-13-25-21-7-3-2-6-20(18)21/h2-3,6-11,13,16,23,25H,4-5,12,14-15H2,1H3,(H,24,27). The van der Waals surface area contributed by atoms with Gasteiger partial charge in [0.1, 0.15) is 11.6 Å². The molecule has 146 valence electrons. The van der Waals surface area contributed by atoms with Crippen molar-refractivity contribution in [1.82, 2.24) is 15.2 Å². The fourth-order valence-corrected chi connectivity index (χ4v) is 3.31. The number of methoxy groups -OCH3 is 1. The van der Waals surface area contributed by atoms with Gasteiger partial charge in [0.15, 0.2) is 0 Å². The van der Waals surface area contributed by atoms with Crippen LogP contribution in [0.2, 0.25) is 0 Å². The fraction of sp³-hybridized carbons (Fsp3) is 0.273. The first-order chi connectivity index (χ1) is 13.7. The molecule has 3 N–H and O–H groups in total. The number of aryl methyl sites for hydroxylation is 1. The summed E-state index contributed by atoms with van der Waals surface area (Å²) in [6.07, 6.45) is 4.54. The van der Waals surface area contributed by atoms with Gasteiger partial charge in [-0.1, -0.05) is 30.3 Å². The van der Waals surface area contributed by atoms with Crippen molar-refractivity contribution >= 4 is 23.1 Å². The molecule has 3 aromatic rings. The minimum absolute atomic E-state index is 0.229. The molecular formula is C22H26N4O2. The zero-order chi connectivity index (χ0) is 19.8. The molecule has 0 saturated heterocycles. The zero-order valence-corrected chi connectivity index (χ0v) is 16.1. The molecule has 0 aliphatic carbocycles. The van der Waals surface area contributed by atoms with E-state index in [1.807, 2.05) is 35.2 Å². The van der Waals surface area contributed by atoms with E-state index in [-0.39, 0.29) is 6.54 Å². The minimum atomic E-state index is 0.229. The maximum Gasteiger partial charge on any atom is 0.207 e. The second-order valence-corrected chi connectivity index (χ2v) is 6.68. The van der Waals surface area contributed by atoms with Crippen LogP contribution in [0.5, 0.6) is 5.75 Å². The Balaban J connectivity index is 1.64. The lowest BCUT2D eigenvalue weighted by Crippen LogP contribution is -2.37. The van der Waals surface area contributed by atoms with Crippen molar-refractivity contribution in [3.8, 4) is 5.75 Å². The third-order valence-electron chi connectivity index (χ3n) is 4.82. The number of carbonyl (C=O) groups excluding carboxylic acids is 1. The first-order valence-electron chi connectivity index (χ1n) is 9.38. The Kier molecular flexibility index (Phi) is 6.68. The number of fused-ring (bicyclic) bond motifs is 1. The molecule has 28 heavy (non-hydrogen) atoms. The number of benzene rings is 2. The van der Waals surface area contributed by atoms with Crippen molar-refractivity contribution in [3.05, 3.63) is 65.9 Å². The first kappa shape index (κ1) is 19.5. The number of amidine groups is 1. The topological polar surface area (TPSA) is 81.2 Å². The number of amides is 1. The maximum absolute atomic E-state index is 10.6. The van der Waals surface area contributed by atoms with Crippen LogP contribution in [0.3, 0.4) is 0 Å². The average molecular weight is 378 g/mol. The molecule has 6 nitrogen and oxygen atoms in total. The number of rotatable bonds is 10. The smallest absolute Gasteiger partial charge is 0.207 e. The van der Waals surface area contributed by atoms with Crippen LogP contribution >= 0.6 is 0 Å². The van der Waals surface area contributed by atoms with Crippen LogP contribution in [0.1, 0.15) is 17.5 Å². The van der Waals surface area contributed by atoms with Crippen LogP contribution < -0.4 is 10.1 Å². The Morgan fingerprint density at radius 1 is 1.21 bits per heavy atom. The summed E-state index contributed by atoms with van der Waals surface area (Å²) in [5.74, 6) is 1.22. The monoisotopic (exact) mass is 378 g/mol. The SMILES string of the molecule is COc1ccc(CN(CCCc2c[nH]c3ccccc23)C(=N)CNC=O)cc1. The van der Waals surface area contributed by atoms with E-state index in [0.717, 1.165) is 36.2 Å². The Morgan fingerprint density at radius 2 is 2.00 bits per heavy atom. The maximum atomic E-state index is 10.6. The second kappa shape index (κ2) is 9.60. The summed E-state index contributed by atoms with van der Waals surface area (Å²) in [6.45, 7) is 1.59. The first-order valence-corrected chi connectivity index (χ1v) is 9.38. The number of H-pyrrole nitrogens is 1. The van der Waals surface area contributed by atoms with Crippen LogP contribution in [-0.2, 0) is 17.8 Å². The highest BCUT2D eigenvalue weighted by molar-refractivity contribution is 5.83. The molecule has 2 aromatic carbocycles. The Hall–Kier alpha value is -3.28. The van der Waals surface area contributed by atoms with Gasteiger partial charge in [-0.2, -0.15) is 0 Å². The van der Waals surface area contributed by atoms with E-state index in [1.54, 1.807) is 7.11 Å². The fourth-order valence-electron chi connectivity index (χ4n) is 3.31. The molecule has 0 spiro atoms. The van der Waals surface area contributed by atoms with Gasteiger partial charge in [-0.15, -0.1) is 0 Å². The lowest BCUT2D eigenvalue weighted by atomic mass is 10.1. The predicted molar refractivity (Wildman–Crippen MR) is 112 cm³/mol. The lowest BCUT2D eigenvalue weighted by molar-refractivity contribution is -0.109. The number of aromatic nitrogens is 1. The van der Waals surface area contributed by atoms with E-state index in [4.69, 9.17) is 10.1 Å². The minimum Gasteiger partial charge on any atom is -0.497 e. The molecule has 0 aliphatic heterocycles. The summed E-state index contributed by atoms with van der Waals surface area (Å²) in [5, 5.41) is 12.2. The highest BCUT2D eigenvalue weighted by atomic mass is 16.5.